The molecule has 20 heavy (non-hydrogen) atoms. The molecule has 0 aliphatic carbocycles. The van der Waals surface area contributed by atoms with Crippen LogP contribution in [0.4, 0.5) is 4.39 Å². The van der Waals surface area contributed by atoms with Crippen LogP contribution in [0.2, 0.25) is 5.02 Å². The minimum absolute atomic E-state index is 0.0891. The SMILES string of the molecule is CC1Cc2cc(C(Cl)c3cccc(Cl)c3F)ccc2O1. The maximum atomic E-state index is 14.0. The van der Waals surface area contributed by atoms with Crippen molar-refractivity contribution >= 4 is 23.2 Å². The Morgan fingerprint density at radius 1 is 1.30 bits per heavy atom. The van der Waals surface area contributed by atoms with E-state index in [0.717, 1.165) is 23.3 Å². The van der Waals surface area contributed by atoms with Gasteiger partial charge in [-0.1, -0.05) is 35.9 Å². The summed E-state index contributed by atoms with van der Waals surface area (Å²) in [5.74, 6) is 0.427. The van der Waals surface area contributed by atoms with Crippen LogP contribution in [0.3, 0.4) is 0 Å². The van der Waals surface area contributed by atoms with Gasteiger partial charge in [-0.25, -0.2) is 4.39 Å². The second-order valence-corrected chi connectivity index (χ2v) is 5.85. The first-order valence-electron chi connectivity index (χ1n) is 6.43. The lowest BCUT2D eigenvalue weighted by molar-refractivity contribution is 0.254. The Balaban J connectivity index is 1.97. The average Bonchev–Trinajstić information content (AvgIpc) is 2.80. The van der Waals surface area contributed by atoms with E-state index in [9.17, 15) is 4.39 Å². The molecular formula is C16H13Cl2FO. The lowest BCUT2D eigenvalue weighted by atomic mass is 10.0. The predicted octanol–water partition coefficient (Wildman–Crippen LogP) is 5.13. The number of fused-ring (bicyclic) bond motifs is 1. The van der Waals surface area contributed by atoms with Gasteiger partial charge in [0.25, 0.3) is 0 Å². The predicted molar refractivity (Wildman–Crippen MR) is 79.3 cm³/mol. The molecule has 0 amide bonds. The van der Waals surface area contributed by atoms with Crippen molar-refractivity contribution in [1.82, 2.24) is 0 Å². The fourth-order valence-electron chi connectivity index (χ4n) is 2.50. The van der Waals surface area contributed by atoms with Crippen LogP contribution in [0.25, 0.3) is 0 Å². The molecule has 0 spiro atoms. The van der Waals surface area contributed by atoms with Crippen LogP contribution in [0.1, 0.15) is 29.0 Å². The van der Waals surface area contributed by atoms with Gasteiger partial charge in [0.05, 0.1) is 10.4 Å². The lowest BCUT2D eigenvalue weighted by Crippen LogP contribution is -2.05. The molecule has 1 heterocycles. The van der Waals surface area contributed by atoms with Gasteiger partial charge in [0.2, 0.25) is 0 Å². The van der Waals surface area contributed by atoms with Gasteiger partial charge in [-0.15, -0.1) is 11.6 Å². The molecule has 1 aliphatic heterocycles. The zero-order valence-electron chi connectivity index (χ0n) is 10.9. The summed E-state index contributed by atoms with van der Waals surface area (Å²) in [5.41, 5.74) is 2.36. The average molecular weight is 311 g/mol. The number of hydrogen-bond acceptors (Lipinski definition) is 1. The quantitative estimate of drug-likeness (QED) is 0.699. The summed E-state index contributed by atoms with van der Waals surface area (Å²) in [6, 6.07) is 10.6. The summed E-state index contributed by atoms with van der Waals surface area (Å²) >= 11 is 12.2. The Bertz CT molecular complexity index is 657. The standard InChI is InChI=1S/C16H13Cl2FO/c1-9-7-11-8-10(5-6-14(11)20-9)15(18)12-3-2-4-13(17)16(12)19/h2-6,8-9,15H,7H2,1H3. The van der Waals surface area contributed by atoms with Crippen LogP contribution in [-0.4, -0.2) is 6.10 Å². The van der Waals surface area contributed by atoms with Crippen molar-refractivity contribution in [3.63, 3.8) is 0 Å². The van der Waals surface area contributed by atoms with Gasteiger partial charge in [0, 0.05) is 12.0 Å². The molecule has 0 saturated carbocycles. The largest absolute Gasteiger partial charge is 0.490 e. The Hall–Kier alpha value is -1.25. The normalized spacial score (nSPS) is 18.5. The Labute approximate surface area is 127 Å². The summed E-state index contributed by atoms with van der Waals surface area (Å²) in [7, 11) is 0. The molecule has 0 saturated heterocycles. The van der Waals surface area contributed by atoms with Crippen LogP contribution in [0.15, 0.2) is 36.4 Å². The Morgan fingerprint density at radius 2 is 2.10 bits per heavy atom. The highest BCUT2D eigenvalue weighted by Gasteiger charge is 2.22. The first kappa shape index (κ1) is 13.7. The minimum Gasteiger partial charge on any atom is -0.490 e. The molecular weight excluding hydrogens is 298 g/mol. The molecule has 104 valence electrons. The zero-order valence-corrected chi connectivity index (χ0v) is 12.4. The molecule has 0 bridgehead atoms. The molecule has 4 heteroatoms. The van der Waals surface area contributed by atoms with Gasteiger partial charge in [0.15, 0.2) is 0 Å². The number of alkyl halides is 1. The van der Waals surface area contributed by atoms with Crippen molar-refractivity contribution < 1.29 is 9.13 Å². The third-order valence-corrected chi connectivity index (χ3v) is 4.25. The van der Waals surface area contributed by atoms with Crippen LogP contribution in [0.5, 0.6) is 5.75 Å². The molecule has 2 unspecified atom stereocenters. The zero-order chi connectivity index (χ0) is 14.3. The third-order valence-electron chi connectivity index (χ3n) is 3.47. The number of ether oxygens (including phenoxy) is 1. The van der Waals surface area contributed by atoms with Crippen molar-refractivity contribution in [1.29, 1.82) is 0 Å². The molecule has 0 aromatic heterocycles. The van der Waals surface area contributed by atoms with E-state index < -0.39 is 11.2 Å². The van der Waals surface area contributed by atoms with E-state index in [1.165, 1.54) is 6.07 Å². The second kappa shape index (κ2) is 5.27. The molecule has 2 atom stereocenters. The van der Waals surface area contributed by atoms with Gasteiger partial charge in [-0.3, -0.25) is 0 Å². The van der Waals surface area contributed by atoms with E-state index in [1.807, 2.05) is 25.1 Å². The monoisotopic (exact) mass is 310 g/mol. The van der Waals surface area contributed by atoms with Gasteiger partial charge in [0.1, 0.15) is 17.7 Å². The fourth-order valence-corrected chi connectivity index (χ4v) is 2.98. The molecule has 1 nitrogen and oxygen atoms in total. The summed E-state index contributed by atoms with van der Waals surface area (Å²) in [6.45, 7) is 2.02. The molecule has 0 fully saturated rings. The maximum Gasteiger partial charge on any atom is 0.146 e. The topological polar surface area (TPSA) is 9.23 Å². The van der Waals surface area contributed by atoms with Crippen molar-refractivity contribution in [3.8, 4) is 5.75 Å². The number of hydrogen-bond donors (Lipinski definition) is 0. The van der Waals surface area contributed by atoms with E-state index >= 15 is 0 Å². The number of benzene rings is 2. The Morgan fingerprint density at radius 3 is 2.90 bits per heavy atom. The molecule has 3 rings (SSSR count). The van der Waals surface area contributed by atoms with Crippen LogP contribution >= 0.6 is 23.2 Å². The van der Waals surface area contributed by atoms with Crippen LogP contribution in [-0.2, 0) is 6.42 Å². The van der Waals surface area contributed by atoms with Crippen molar-refractivity contribution in [3.05, 3.63) is 63.9 Å². The molecule has 0 N–H and O–H groups in total. The summed E-state index contributed by atoms with van der Waals surface area (Å²) in [5, 5.41) is -0.471. The van der Waals surface area contributed by atoms with E-state index in [1.54, 1.807) is 12.1 Å². The van der Waals surface area contributed by atoms with Crippen molar-refractivity contribution in [2.45, 2.75) is 24.8 Å². The summed E-state index contributed by atoms with van der Waals surface area (Å²) < 4.78 is 19.7. The number of halogens is 3. The van der Waals surface area contributed by atoms with E-state index in [0.29, 0.717) is 5.56 Å². The van der Waals surface area contributed by atoms with Gasteiger partial charge < -0.3 is 4.74 Å². The first-order chi connectivity index (χ1) is 9.56. The minimum atomic E-state index is -0.560. The second-order valence-electron chi connectivity index (χ2n) is 5.01. The highest BCUT2D eigenvalue weighted by Crippen LogP contribution is 2.37. The van der Waals surface area contributed by atoms with Crippen LogP contribution < -0.4 is 4.74 Å². The summed E-state index contributed by atoms with van der Waals surface area (Å²) in [4.78, 5) is 0. The molecule has 2 aromatic carbocycles. The Kier molecular flexibility index (Phi) is 3.61. The van der Waals surface area contributed by atoms with Gasteiger partial charge >= 0.3 is 0 Å². The molecule has 2 aromatic rings. The van der Waals surface area contributed by atoms with Crippen molar-refractivity contribution in [2.75, 3.05) is 0 Å². The first-order valence-corrected chi connectivity index (χ1v) is 7.25. The van der Waals surface area contributed by atoms with E-state index in [4.69, 9.17) is 27.9 Å². The highest BCUT2D eigenvalue weighted by molar-refractivity contribution is 6.31. The van der Waals surface area contributed by atoms with Gasteiger partial charge in [-0.05, 0) is 30.2 Å². The fraction of sp³-hybridized carbons (Fsp3) is 0.250. The van der Waals surface area contributed by atoms with E-state index in [-0.39, 0.29) is 11.1 Å². The van der Waals surface area contributed by atoms with Crippen LogP contribution in [0, 0.1) is 5.82 Å². The maximum absolute atomic E-state index is 14.0. The van der Waals surface area contributed by atoms with Crippen molar-refractivity contribution in [2.24, 2.45) is 0 Å². The third kappa shape index (κ3) is 2.38. The molecule has 1 aliphatic rings. The highest BCUT2D eigenvalue weighted by atomic mass is 35.5. The van der Waals surface area contributed by atoms with Gasteiger partial charge in [-0.2, -0.15) is 0 Å². The lowest BCUT2D eigenvalue weighted by Gasteiger charge is -2.13. The van der Waals surface area contributed by atoms with E-state index in [2.05, 4.69) is 0 Å². The summed E-state index contributed by atoms with van der Waals surface area (Å²) in [6.07, 6.45) is 1.03. The smallest absolute Gasteiger partial charge is 0.146 e. The molecule has 0 radical (unpaired) electrons. The number of rotatable bonds is 2.